The summed E-state index contributed by atoms with van der Waals surface area (Å²) >= 11 is 0. The summed E-state index contributed by atoms with van der Waals surface area (Å²) < 4.78 is 48.2. The first-order valence-electron chi connectivity index (χ1n) is 15.6. The molecule has 11 heteroatoms. The van der Waals surface area contributed by atoms with E-state index in [1.165, 1.54) is 0 Å². The SMILES string of the molecule is CCCCCCC(=O)OCCOCCOCCOCCOCCOCCOCCOCCOC(=O)CCCCCC. The molecule has 0 amide bonds. The Morgan fingerprint density at radius 1 is 0.341 bits per heavy atom. The van der Waals surface area contributed by atoms with E-state index in [9.17, 15) is 9.59 Å². The number of ether oxygens (including phenoxy) is 9. The minimum Gasteiger partial charge on any atom is -0.463 e. The van der Waals surface area contributed by atoms with Crippen molar-refractivity contribution < 1.29 is 52.2 Å². The van der Waals surface area contributed by atoms with Crippen LogP contribution in [0.1, 0.15) is 78.1 Å². The summed E-state index contributed by atoms with van der Waals surface area (Å²) in [7, 11) is 0. The van der Waals surface area contributed by atoms with Crippen molar-refractivity contribution in [2.75, 3.05) is 106 Å². The van der Waals surface area contributed by atoms with Crippen molar-refractivity contribution in [1.29, 1.82) is 0 Å². The highest BCUT2D eigenvalue weighted by atomic mass is 16.6. The van der Waals surface area contributed by atoms with Gasteiger partial charge in [0.25, 0.3) is 0 Å². The second kappa shape index (κ2) is 34.9. The molecule has 0 aromatic carbocycles. The highest BCUT2D eigenvalue weighted by Gasteiger charge is 2.03. The van der Waals surface area contributed by atoms with Crippen molar-refractivity contribution in [2.45, 2.75) is 78.1 Å². The molecule has 0 heterocycles. The zero-order valence-electron chi connectivity index (χ0n) is 25.9. The van der Waals surface area contributed by atoms with Crippen molar-refractivity contribution in [3.63, 3.8) is 0 Å². The zero-order valence-corrected chi connectivity index (χ0v) is 25.9. The molecule has 0 N–H and O–H groups in total. The van der Waals surface area contributed by atoms with Gasteiger partial charge in [-0.15, -0.1) is 0 Å². The Morgan fingerprint density at radius 3 is 0.829 bits per heavy atom. The highest BCUT2D eigenvalue weighted by molar-refractivity contribution is 5.69. The van der Waals surface area contributed by atoms with Gasteiger partial charge >= 0.3 is 11.9 Å². The van der Waals surface area contributed by atoms with Gasteiger partial charge in [-0.1, -0.05) is 52.4 Å². The lowest BCUT2D eigenvalue weighted by molar-refractivity contribution is -0.146. The van der Waals surface area contributed by atoms with E-state index in [0.717, 1.165) is 51.4 Å². The number of rotatable bonds is 34. The van der Waals surface area contributed by atoms with Crippen LogP contribution in [-0.4, -0.2) is 118 Å². The molecule has 0 aromatic heterocycles. The van der Waals surface area contributed by atoms with Gasteiger partial charge in [-0.3, -0.25) is 9.59 Å². The second-order valence-electron chi connectivity index (χ2n) is 9.35. The molecule has 0 aliphatic heterocycles. The molecule has 244 valence electrons. The Labute approximate surface area is 248 Å². The Kier molecular flexibility index (Phi) is 33.7. The van der Waals surface area contributed by atoms with Gasteiger partial charge in [0.1, 0.15) is 13.2 Å². The first-order valence-corrected chi connectivity index (χ1v) is 15.6. The third-order valence-corrected chi connectivity index (χ3v) is 5.68. The molecule has 0 spiro atoms. The van der Waals surface area contributed by atoms with Gasteiger partial charge in [-0.05, 0) is 12.8 Å². The molecule has 41 heavy (non-hydrogen) atoms. The van der Waals surface area contributed by atoms with Gasteiger partial charge in [-0.2, -0.15) is 0 Å². The first-order chi connectivity index (χ1) is 20.2. The summed E-state index contributed by atoms with van der Waals surface area (Å²) in [5.41, 5.74) is 0. The molecule has 0 saturated carbocycles. The normalized spacial score (nSPS) is 11.2. The molecule has 0 atom stereocenters. The van der Waals surface area contributed by atoms with Gasteiger partial charge < -0.3 is 42.6 Å². The van der Waals surface area contributed by atoms with Crippen LogP contribution in [0.15, 0.2) is 0 Å². The van der Waals surface area contributed by atoms with E-state index in [0.29, 0.717) is 105 Å². The summed E-state index contributed by atoms with van der Waals surface area (Å²) in [6.45, 7) is 11.4. The molecule has 0 bridgehead atoms. The van der Waals surface area contributed by atoms with E-state index in [4.69, 9.17) is 42.6 Å². The Bertz CT molecular complexity index is 503. The van der Waals surface area contributed by atoms with Gasteiger partial charge in [0.2, 0.25) is 0 Å². The monoisotopic (exact) mass is 594 g/mol. The fraction of sp³-hybridized carbons (Fsp3) is 0.933. The van der Waals surface area contributed by atoms with E-state index >= 15 is 0 Å². The first kappa shape index (κ1) is 39.7. The lowest BCUT2D eigenvalue weighted by Gasteiger charge is -2.09. The van der Waals surface area contributed by atoms with Crippen molar-refractivity contribution in [3.05, 3.63) is 0 Å². The summed E-state index contributed by atoms with van der Waals surface area (Å²) in [6.07, 6.45) is 9.52. The van der Waals surface area contributed by atoms with Crippen LogP contribution in [-0.2, 0) is 52.2 Å². The Morgan fingerprint density at radius 2 is 0.585 bits per heavy atom. The Balaban J connectivity index is 3.13. The maximum absolute atomic E-state index is 11.5. The zero-order chi connectivity index (χ0) is 29.9. The van der Waals surface area contributed by atoms with Crippen LogP contribution >= 0.6 is 0 Å². The van der Waals surface area contributed by atoms with Crippen LogP contribution in [0.3, 0.4) is 0 Å². The van der Waals surface area contributed by atoms with Crippen LogP contribution in [0, 0.1) is 0 Å². The van der Waals surface area contributed by atoms with Crippen LogP contribution in [0.5, 0.6) is 0 Å². The molecule has 0 saturated heterocycles. The van der Waals surface area contributed by atoms with E-state index in [1.54, 1.807) is 0 Å². The van der Waals surface area contributed by atoms with E-state index < -0.39 is 0 Å². The molecule has 0 aliphatic carbocycles. The molecule has 11 nitrogen and oxygen atoms in total. The second-order valence-corrected chi connectivity index (χ2v) is 9.35. The smallest absolute Gasteiger partial charge is 0.305 e. The molecule has 0 aromatic rings. The fourth-order valence-corrected chi connectivity index (χ4v) is 3.39. The number of hydrogen-bond donors (Lipinski definition) is 0. The molecule has 0 unspecified atom stereocenters. The maximum atomic E-state index is 11.5. The number of carbonyl (C=O) groups is 2. The summed E-state index contributed by atoms with van der Waals surface area (Å²) in [6, 6.07) is 0. The van der Waals surface area contributed by atoms with Gasteiger partial charge in [0.15, 0.2) is 0 Å². The molecule has 0 radical (unpaired) electrons. The van der Waals surface area contributed by atoms with E-state index in [1.807, 2.05) is 0 Å². The molecule has 0 rings (SSSR count). The fourth-order valence-electron chi connectivity index (χ4n) is 3.39. The predicted molar refractivity (Wildman–Crippen MR) is 155 cm³/mol. The standard InChI is InChI=1S/C30H58O11/c1-3-5-7-9-11-29(31)40-27-25-38-23-21-36-19-17-34-15-13-33-14-16-35-18-20-37-22-24-39-26-28-41-30(32)12-10-8-6-4-2/h3-28H2,1-2H3. The van der Waals surface area contributed by atoms with E-state index in [-0.39, 0.29) is 25.2 Å². The molecule has 0 fully saturated rings. The van der Waals surface area contributed by atoms with Crippen molar-refractivity contribution in [1.82, 2.24) is 0 Å². The van der Waals surface area contributed by atoms with E-state index in [2.05, 4.69) is 13.8 Å². The minimum absolute atomic E-state index is 0.153. The lowest BCUT2D eigenvalue weighted by atomic mass is 10.2. The minimum atomic E-state index is -0.153. The number of unbranched alkanes of at least 4 members (excludes halogenated alkanes) is 6. The average Bonchev–Trinajstić information content (AvgIpc) is 2.97. The average molecular weight is 595 g/mol. The van der Waals surface area contributed by atoms with Crippen LogP contribution in [0.25, 0.3) is 0 Å². The highest BCUT2D eigenvalue weighted by Crippen LogP contribution is 2.04. The molecular weight excluding hydrogens is 536 g/mol. The topological polar surface area (TPSA) is 117 Å². The predicted octanol–water partition coefficient (Wildman–Crippen LogP) is 4.13. The Hall–Kier alpha value is -1.34. The molecular formula is C30H58O11. The van der Waals surface area contributed by atoms with Gasteiger partial charge in [0.05, 0.1) is 92.5 Å². The van der Waals surface area contributed by atoms with Crippen molar-refractivity contribution in [3.8, 4) is 0 Å². The summed E-state index contributed by atoms with van der Waals surface area (Å²) in [4.78, 5) is 23.0. The summed E-state index contributed by atoms with van der Waals surface area (Å²) in [5, 5.41) is 0. The van der Waals surface area contributed by atoms with Gasteiger partial charge in [-0.25, -0.2) is 0 Å². The van der Waals surface area contributed by atoms with Crippen LogP contribution in [0.2, 0.25) is 0 Å². The van der Waals surface area contributed by atoms with Gasteiger partial charge in [0, 0.05) is 12.8 Å². The van der Waals surface area contributed by atoms with Crippen molar-refractivity contribution in [2.24, 2.45) is 0 Å². The largest absolute Gasteiger partial charge is 0.463 e. The number of carbonyl (C=O) groups excluding carboxylic acids is 2. The van der Waals surface area contributed by atoms with Crippen LogP contribution < -0.4 is 0 Å². The number of hydrogen-bond acceptors (Lipinski definition) is 11. The summed E-state index contributed by atoms with van der Waals surface area (Å²) in [5.74, 6) is -0.306. The van der Waals surface area contributed by atoms with Crippen LogP contribution in [0.4, 0.5) is 0 Å². The number of esters is 2. The lowest BCUT2D eigenvalue weighted by Crippen LogP contribution is -2.15. The third kappa shape index (κ3) is 34.8. The maximum Gasteiger partial charge on any atom is 0.305 e. The van der Waals surface area contributed by atoms with Crippen molar-refractivity contribution >= 4 is 11.9 Å². The quantitative estimate of drug-likeness (QED) is 0.0791. The third-order valence-electron chi connectivity index (χ3n) is 5.68. The molecule has 0 aliphatic rings.